The molecule has 1 N–H and O–H groups in total. The highest BCUT2D eigenvalue weighted by Gasteiger charge is 1.99. The van der Waals surface area contributed by atoms with Gasteiger partial charge in [-0.3, -0.25) is 9.78 Å². The molecule has 1 aromatic heterocycles. The molecule has 0 saturated carbocycles. The number of benzene rings is 1. The summed E-state index contributed by atoms with van der Waals surface area (Å²) in [6.45, 7) is 0. The fraction of sp³-hybridized carbons (Fsp3) is 0. The zero-order chi connectivity index (χ0) is 8.55. The quantitative estimate of drug-likeness (QED) is 0.605. The van der Waals surface area contributed by atoms with Crippen LogP contribution in [-0.2, 0) is 0 Å². The van der Waals surface area contributed by atoms with Crippen molar-refractivity contribution in [2.24, 2.45) is 0 Å². The van der Waals surface area contributed by atoms with E-state index in [1.165, 1.54) is 12.1 Å². The monoisotopic (exact) mass is 162 g/mol. The van der Waals surface area contributed by atoms with Crippen LogP contribution >= 0.6 is 0 Å². The second-order valence-corrected chi connectivity index (χ2v) is 2.27. The van der Waals surface area contributed by atoms with Crippen LogP contribution in [0.5, 0.6) is 0 Å². The summed E-state index contributed by atoms with van der Waals surface area (Å²) in [5.74, 6) is -0.743. The number of fused-ring (bicyclic) bond motifs is 1. The zero-order valence-electron chi connectivity index (χ0n) is 5.96. The topological polar surface area (TPSA) is 63.1 Å². The van der Waals surface area contributed by atoms with Crippen molar-refractivity contribution in [3.8, 4) is 0 Å². The number of rotatable bonds is 0. The Morgan fingerprint density at radius 2 is 2.25 bits per heavy atom. The molecule has 2 rings (SSSR count). The third-order valence-corrected chi connectivity index (χ3v) is 1.49. The molecule has 0 atom stereocenters. The van der Waals surface area contributed by atoms with Gasteiger partial charge in [-0.15, -0.1) is 0 Å². The first-order chi connectivity index (χ1) is 5.77. The van der Waals surface area contributed by atoms with Gasteiger partial charge in [0.15, 0.2) is 0 Å². The minimum atomic E-state index is -0.743. The molecule has 0 aliphatic rings. The molecule has 0 saturated heterocycles. The van der Waals surface area contributed by atoms with Crippen LogP contribution in [0, 0.1) is 6.07 Å². The van der Waals surface area contributed by atoms with E-state index >= 15 is 0 Å². The van der Waals surface area contributed by atoms with Gasteiger partial charge in [0.2, 0.25) is 0 Å². The molecule has 1 radical (unpaired) electrons. The minimum Gasteiger partial charge on any atom is -0.409 e. The number of aromatic amines is 1. The van der Waals surface area contributed by atoms with Crippen molar-refractivity contribution in [3.63, 3.8) is 0 Å². The summed E-state index contributed by atoms with van der Waals surface area (Å²) in [7, 11) is 0. The van der Waals surface area contributed by atoms with Gasteiger partial charge in [-0.05, 0) is 18.2 Å². The van der Waals surface area contributed by atoms with Gasteiger partial charge in [-0.25, -0.2) is 4.79 Å². The lowest BCUT2D eigenvalue weighted by Crippen LogP contribution is -2.17. The molecular formula is C8H4NO3. The molecule has 59 valence electrons. The maximum atomic E-state index is 11.1. The molecule has 1 aromatic carbocycles. The zero-order valence-corrected chi connectivity index (χ0v) is 5.96. The van der Waals surface area contributed by atoms with Crippen molar-refractivity contribution >= 4 is 11.0 Å². The van der Waals surface area contributed by atoms with Crippen LogP contribution in [0.25, 0.3) is 11.0 Å². The van der Waals surface area contributed by atoms with Crippen molar-refractivity contribution in [1.29, 1.82) is 0 Å². The van der Waals surface area contributed by atoms with Gasteiger partial charge in [-0.2, -0.15) is 0 Å². The molecular weight excluding hydrogens is 158 g/mol. The summed E-state index contributed by atoms with van der Waals surface area (Å²) in [6.07, 6.45) is 0. The fourth-order valence-corrected chi connectivity index (χ4v) is 0.973. The summed E-state index contributed by atoms with van der Waals surface area (Å²) in [5, 5.41) is 0.355. The predicted octanol–water partition coefficient (Wildman–Crippen LogP) is 0.281. The lowest BCUT2D eigenvalue weighted by Gasteiger charge is -1.90. The number of hydrogen-bond donors (Lipinski definition) is 1. The van der Waals surface area contributed by atoms with Crippen LogP contribution < -0.4 is 11.3 Å². The molecule has 0 aliphatic carbocycles. The molecule has 12 heavy (non-hydrogen) atoms. The lowest BCUT2D eigenvalue weighted by molar-refractivity contribution is 0.528. The van der Waals surface area contributed by atoms with Crippen LogP contribution in [0.4, 0.5) is 0 Å². The molecule has 0 unspecified atom stereocenters. The Morgan fingerprint density at radius 1 is 1.42 bits per heavy atom. The Bertz CT molecular complexity index is 523. The van der Waals surface area contributed by atoms with Gasteiger partial charge in [0.05, 0.1) is 5.39 Å². The van der Waals surface area contributed by atoms with E-state index < -0.39 is 11.3 Å². The average Bonchev–Trinajstić information content (AvgIpc) is 2.04. The van der Waals surface area contributed by atoms with E-state index in [4.69, 9.17) is 4.42 Å². The third-order valence-electron chi connectivity index (χ3n) is 1.49. The molecule has 2 aromatic rings. The Morgan fingerprint density at radius 3 is 3.08 bits per heavy atom. The van der Waals surface area contributed by atoms with Crippen LogP contribution in [-0.4, -0.2) is 4.98 Å². The summed E-state index contributed by atoms with van der Waals surface area (Å²) in [5.41, 5.74) is -0.179. The highest BCUT2D eigenvalue weighted by Crippen LogP contribution is 2.03. The molecule has 0 aliphatic heterocycles. The SMILES string of the molecule is O=c1[nH]c(=O)c2cc[c]cc2o1. The van der Waals surface area contributed by atoms with Gasteiger partial charge >= 0.3 is 5.76 Å². The molecule has 0 fully saturated rings. The van der Waals surface area contributed by atoms with Gasteiger partial charge in [0, 0.05) is 0 Å². The smallest absolute Gasteiger partial charge is 0.409 e. The summed E-state index contributed by atoms with van der Waals surface area (Å²) < 4.78 is 4.70. The molecule has 0 spiro atoms. The highest BCUT2D eigenvalue weighted by molar-refractivity contribution is 5.74. The second kappa shape index (κ2) is 2.34. The Kier molecular flexibility index (Phi) is 1.33. The maximum Gasteiger partial charge on any atom is 0.419 e. The van der Waals surface area contributed by atoms with Crippen LogP contribution in [0.2, 0.25) is 0 Å². The highest BCUT2D eigenvalue weighted by atomic mass is 16.4. The first-order valence-electron chi connectivity index (χ1n) is 3.30. The second-order valence-electron chi connectivity index (χ2n) is 2.27. The molecule has 1 heterocycles. The average molecular weight is 162 g/mol. The van der Waals surface area contributed by atoms with E-state index in [-0.39, 0.29) is 5.58 Å². The van der Waals surface area contributed by atoms with E-state index in [2.05, 4.69) is 6.07 Å². The number of aromatic nitrogens is 1. The van der Waals surface area contributed by atoms with Crippen molar-refractivity contribution in [2.75, 3.05) is 0 Å². The standard InChI is InChI=1S/C8H4NO3/c10-7-5-3-1-2-4-6(5)12-8(11)9-7/h1,3-4H,(H,9,10,11). The van der Waals surface area contributed by atoms with Gasteiger partial charge < -0.3 is 4.42 Å². The van der Waals surface area contributed by atoms with Crippen molar-refractivity contribution in [1.82, 2.24) is 4.98 Å². The minimum absolute atomic E-state index is 0.256. The molecule has 4 heteroatoms. The fourth-order valence-electron chi connectivity index (χ4n) is 0.973. The van der Waals surface area contributed by atoms with E-state index in [1.54, 1.807) is 6.07 Å². The van der Waals surface area contributed by atoms with Crippen molar-refractivity contribution in [2.45, 2.75) is 0 Å². The van der Waals surface area contributed by atoms with Crippen LogP contribution in [0.1, 0.15) is 0 Å². The van der Waals surface area contributed by atoms with E-state index in [9.17, 15) is 9.59 Å². The largest absolute Gasteiger partial charge is 0.419 e. The normalized spacial score (nSPS) is 10.3. The first kappa shape index (κ1) is 6.84. The summed E-state index contributed by atoms with van der Waals surface area (Å²) in [6, 6.07) is 7.27. The van der Waals surface area contributed by atoms with E-state index in [0.29, 0.717) is 5.39 Å². The number of hydrogen-bond acceptors (Lipinski definition) is 3. The van der Waals surface area contributed by atoms with Gasteiger partial charge in [-0.1, -0.05) is 6.07 Å². The van der Waals surface area contributed by atoms with Gasteiger partial charge in [0.1, 0.15) is 5.58 Å². The maximum absolute atomic E-state index is 11.1. The lowest BCUT2D eigenvalue weighted by atomic mass is 10.3. The summed E-state index contributed by atoms with van der Waals surface area (Å²) >= 11 is 0. The first-order valence-corrected chi connectivity index (χ1v) is 3.30. The summed E-state index contributed by atoms with van der Waals surface area (Å²) in [4.78, 5) is 23.8. The number of H-pyrrole nitrogens is 1. The Hall–Kier alpha value is -1.84. The van der Waals surface area contributed by atoms with E-state index in [1.807, 2.05) is 4.98 Å². The molecule has 4 nitrogen and oxygen atoms in total. The van der Waals surface area contributed by atoms with Crippen LogP contribution in [0.3, 0.4) is 0 Å². The molecule has 0 amide bonds. The van der Waals surface area contributed by atoms with Gasteiger partial charge in [0.25, 0.3) is 5.56 Å². The van der Waals surface area contributed by atoms with Crippen molar-refractivity contribution in [3.05, 3.63) is 45.2 Å². The van der Waals surface area contributed by atoms with Crippen molar-refractivity contribution < 1.29 is 4.42 Å². The predicted molar refractivity (Wildman–Crippen MR) is 41.9 cm³/mol. The third kappa shape index (κ3) is 0.934. The Labute approximate surface area is 66.5 Å². The Balaban J connectivity index is 3.09. The van der Waals surface area contributed by atoms with Crippen LogP contribution in [0.15, 0.2) is 32.2 Å². The number of nitrogens with one attached hydrogen (secondary N) is 1. The van der Waals surface area contributed by atoms with E-state index in [0.717, 1.165) is 0 Å². The molecule has 0 bridgehead atoms.